The van der Waals surface area contributed by atoms with Crippen molar-refractivity contribution in [3.8, 4) is 5.75 Å². The van der Waals surface area contributed by atoms with Crippen molar-refractivity contribution >= 4 is 23.3 Å². The zero-order chi connectivity index (χ0) is 17.6. The molecule has 1 aromatic carbocycles. The number of aliphatic hydroxyl groups is 1. The molecular weight excluding hydrogens is 336 g/mol. The van der Waals surface area contributed by atoms with E-state index in [2.05, 4.69) is 4.98 Å². The Labute approximate surface area is 151 Å². The highest BCUT2D eigenvalue weighted by atomic mass is 32.1. The first-order chi connectivity index (χ1) is 12.1. The van der Waals surface area contributed by atoms with Crippen molar-refractivity contribution in [1.82, 2.24) is 9.88 Å². The van der Waals surface area contributed by atoms with Crippen LogP contribution in [0.3, 0.4) is 0 Å². The van der Waals surface area contributed by atoms with Crippen LogP contribution in [0.15, 0.2) is 35.7 Å². The fraction of sp³-hybridized carbons (Fsp3) is 0.368. The second-order valence-corrected chi connectivity index (χ2v) is 7.17. The van der Waals surface area contributed by atoms with Crippen LogP contribution in [0.25, 0.3) is 6.08 Å². The van der Waals surface area contributed by atoms with Gasteiger partial charge in [-0.3, -0.25) is 4.79 Å². The second-order valence-electron chi connectivity index (χ2n) is 6.11. The number of benzene rings is 1. The Morgan fingerprint density at radius 1 is 1.44 bits per heavy atom. The van der Waals surface area contributed by atoms with E-state index in [4.69, 9.17) is 4.74 Å². The summed E-state index contributed by atoms with van der Waals surface area (Å²) in [7, 11) is 0. The quantitative estimate of drug-likeness (QED) is 0.835. The SMILES string of the molecule is Cc1nc(COc2cccc(/C=C/C(=O)N3CCC(O)CC3)c2)cs1. The zero-order valence-corrected chi connectivity index (χ0v) is 15.0. The molecule has 0 spiro atoms. The molecule has 6 heteroatoms. The van der Waals surface area contributed by atoms with E-state index in [-0.39, 0.29) is 12.0 Å². The molecule has 0 atom stereocenters. The molecule has 0 unspecified atom stereocenters. The summed E-state index contributed by atoms with van der Waals surface area (Å²) in [6, 6.07) is 7.64. The molecule has 25 heavy (non-hydrogen) atoms. The molecule has 1 saturated heterocycles. The standard InChI is InChI=1S/C19H22N2O3S/c1-14-20-16(13-25-14)12-24-18-4-2-3-15(11-18)5-6-19(23)21-9-7-17(22)8-10-21/h2-6,11,13,17,22H,7-10,12H2,1H3/b6-5+. The fourth-order valence-corrected chi connectivity index (χ4v) is 3.30. The molecule has 1 aliphatic rings. The second kappa shape index (κ2) is 8.27. The van der Waals surface area contributed by atoms with Crippen LogP contribution in [0.4, 0.5) is 0 Å². The number of amides is 1. The Kier molecular flexibility index (Phi) is 5.83. The van der Waals surface area contributed by atoms with Gasteiger partial charge in [0.25, 0.3) is 0 Å². The molecule has 3 rings (SSSR count). The Bertz CT molecular complexity index is 749. The number of aliphatic hydroxyl groups excluding tert-OH is 1. The van der Waals surface area contributed by atoms with Crippen LogP contribution in [-0.4, -0.2) is 40.1 Å². The van der Waals surface area contributed by atoms with Crippen LogP contribution in [0.5, 0.6) is 5.75 Å². The van der Waals surface area contributed by atoms with Gasteiger partial charge >= 0.3 is 0 Å². The van der Waals surface area contributed by atoms with Crippen molar-refractivity contribution < 1.29 is 14.6 Å². The highest BCUT2D eigenvalue weighted by molar-refractivity contribution is 7.09. The fourth-order valence-electron chi connectivity index (χ4n) is 2.70. The third kappa shape index (κ3) is 5.14. The van der Waals surface area contributed by atoms with E-state index in [1.807, 2.05) is 36.6 Å². The minimum absolute atomic E-state index is 0.0174. The molecule has 0 radical (unpaired) electrons. The largest absolute Gasteiger partial charge is 0.487 e. The predicted molar refractivity (Wildman–Crippen MR) is 98.5 cm³/mol. The van der Waals surface area contributed by atoms with E-state index < -0.39 is 0 Å². The average molecular weight is 358 g/mol. The smallest absolute Gasteiger partial charge is 0.246 e. The summed E-state index contributed by atoms with van der Waals surface area (Å²) in [6.45, 7) is 3.63. The first kappa shape index (κ1) is 17.6. The van der Waals surface area contributed by atoms with Gasteiger partial charge in [0.15, 0.2) is 0 Å². The van der Waals surface area contributed by atoms with Crippen molar-refractivity contribution in [3.63, 3.8) is 0 Å². The zero-order valence-electron chi connectivity index (χ0n) is 14.2. The molecule has 132 valence electrons. The third-order valence-electron chi connectivity index (χ3n) is 4.11. The number of aromatic nitrogens is 1. The summed E-state index contributed by atoms with van der Waals surface area (Å²) in [5.41, 5.74) is 1.84. The van der Waals surface area contributed by atoms with Crippen molar-refractivity contribution in [1.29, 1.82) is 0 Å². The summed E-state index contributed by atoms with van der Waals surface area (Å²) in [6.07, 6.45) is 4.41. The van der Waals surface area contributed by atoms with Crippen molar-refractivity contribution in [3.05, 3.63) is 52.0 Å². The number of piperidine rings is 1. The molecule has 0 bridgehead atoms. The first-order valence-corrected chi connectivity index (χ1v) is 9.27. The topological polar surface area (TPSA) is 62.7 Å². The van der Waals surface area contributed by atoms with Crippen LogP contribution >= 0.6 is 11.3 Å². The average Bonchev–Trinajstić information content (AvgIpc) is 3.04. The Morgan fingerprint density at radius 3 is 2.96 bits per heavy atom. The molecule has 1 fully saturated rings. The maximum atomic E-state index is 12.2. The van der Waals surface area contributed by atoms with Crippen molar-refractivity contribution in [2.24, 2.45) is 0 Å². The van der Waals surface area contributed by atoms with Crippen molar-refractivity contribution in [2.45, 2.75) is 32.5 Å². The normalized spacial score (nSPS) is 15.7. The number of carbonyl (C=O) groups excluding carboxylic acids is 1. The van der Waals surface area contributed by atoms with E-state index in [9.17, 15) is 9.90 Å². The number of carbonyl (C=O) groups is 1. The monoisotopic (exact) mass is 358 g/mol. The minimum atomic E-state index is -0.275. The van der Waals surface area contributed by atoms with Gasteiger partial charge < -0.3 is 14.7 Å². The molecule has 2 aromatic rings. The van der Waals surface area contributed by atoms with E-state index >= 15 is 0 Å². The minimum Gasteiger partial charge on any atom is -0.487 e. The number of rotatable bonds is 5. The van der Waals surface area contributed by atoms with Gasteiger partial charge in [-0.2, -0.15) is 0 Å². The van der Waals surface area contributed by atoms with Crippen LogP contribution in [0, 0.1) is 6.92 Å². The lowest BCUT2D eigenvalue weighted by Crippen LogP contribution is -2.39. The van der Waals surface area contributed by atoms with Gasteiger partial charge in [-0.05, 0) is 43.5 Å². The number of hydrogen-bond acceptors (Lipinski definition) is 5. The van der Waals surface area contributed by atoms with Gasteiger partial charge in [-0.25, -0.2) is 4.98 Å². The van der Waals surface area contributed by atoms with E-state index in [1.54, 1.807) is 28.4 Å². The number of ether oxygens (including phenoxy) is 1. The Hall–Kier alpha value is -2.18. The lowest BCUT2D eigenvalue weighted by atomic mass is 10.1. The van der Waals surface area contributed by atoms with Gasteiger partial charge in [0.2, 0.25) is 5.91 Å². The third-order valence-corrected chi connectivity index (χ3v) is 4.93. The van der Waals surface area contributed by atoms with Gasteiger partial charge in [0, 0.05) is 24.5 Å². The van der Waals surface area contributed by atoms with Crippen LogP contribution in [0.1, 0.15) is 29.1 Å². The maximum Gasteiger partial charge on any atom is 0.246 e. The Morgan fingerprint density at radius 2 is 2.24 bits per heavy atom. The van der Waals surface area contributed by atoms with E-state index in [0.29, 0.717) is 32.5 Å². The molecule has 1 amide bonds. The molecular formula is C19H22N2O3S. The summed E-state index contributed by atoms with van der Waals surface area (Å²) >= 11 is 1.61. The molecule has 1 aliphatic heterocycles. The summed E-state index contributed by atoms with van der Waals surface area (Å²) in [5, 5.41) is 12.5. The lowest BCUT2D eigenvalue weighted by molar-refractivity contribution is -0.127. The van der Waals surface area contributed by atoms with Gasteiger partial charge in [0.05, 0.1) is 16.8 Å². The molecule has 2 heterocycles. The molecule has 1 aromatic heterocycles. The highest BCUT2D eigenvalue weighted by Gasteiger charge is 2.19. The predicted octanol–water partition coefficient (Wildman–Crippen LogP) is 3.03. The lowest BCUT2D eigenvalue weighted by Gasteiger charge is -2.28. The number of likely N-dealkylation sites (tertiary alicyclic amines) is 1. The van der Waals surface area contributed by atoms with Gasteiger partial charge in [0.1, 0.15) is 12.4 Å². The maximum absolute atomic E-state index is 12.2. The van der Waals surface area contributed by atoms with Crippen LogP contribution in [-0.2, 0) is 11.4 Å². The summed E-state index contributed by atoms with van der Waals surface area (Å²) < 4.78 is 5.77. The van der Waals surface area contributed by atoms with E-state index in [1.165, 1.54) is 0 Å². The molecule has 5 nitrogen and oxygen atoms in total. The van der Waals surface area contributed by atoms with Crippen LogP contribution in [0.2, 0.25) is 0 Å². The summed E-state index contributed by atoms with van der Waals surface area (Å²) in [4.78, 5) is 18.3. The highest BCUT2D eigenvalue weighted by Crippen LogP contribution is 2.17. The number of thiazole rings is 1. The molecule has 1 N–H and O–H groups in total. The van der Waals surface area contributed by atoms with Gasteiger partial charge in [-0.15, -0.1) is 11.3 Å². The van der Waals surface area contributed by atoms with Crippen molar-refractivity contribution in [2.75, 3.05) is 13.1 Å². The molecule has 0 aliphatic carbocycles. The molecule has 0 saturated carbocycles. The number of aryl methyl sites for hydroxylation is 1. The number of hydrogen-bond donors (Lipinski definition) is 1. The van der Waals surface area contributed by atoms with E-state index in [0.717, 1.165) is 22.0 Å². The summed E-state index contributed by atoms with van der Waals surface area (Å²) in [5.74, 6) is 0.734. The van der Waals surface area contributed by atoms with Gasteiger partial charge in [-0.1, -0.05) is 12.1 Å². The van der Waals surface area contributed by atoms with Crippen LogP contribution < -0.4 is 4.74 Å². The number of nitrogens with zero attached hydrogens (tertiary/aromatic N) is 2. The Balaban J connectivity index is 1.56. The first-order valence-electron chi connectivity index (χ1n) is 8.39.